The van der Waals surface area contributed by atoms with E-state index in [0.29, 0.717) is 0 Å². The zero-order valence-corrected chi connectivity index (χ0v) is 6.20. The molecule has 0 aliphatic heterocycles. The largest absolute Gasteiger partial charge is 0.479 e. The van der Waals surface area contributed by atoms with Crippen LogP contribution in [0.2, 0.25) is 0 Å². The fourth-order valence-corrected chi connectivity index (χ4v) is 0.343. The Bertz CT molecular complexity index is 234. The van der Waals surface area contributed by atoms with Crippen molar-refractivity contribution in [2.24, 2.45) is 5.73 Å². The molecule has 0 aliphatic carbocycles. The minimum absolute atomic E-state index is 0.968. The molecule has 0 unspecified atom stereocenters. The predicted molar refractivity (Wildman–Crippen MR) is 36.0 cm³/mol. The molecule has 12 heavy (non-hydrogen) atoms. The Kier molecular flexibility index (Phi) is 2.75. The van der Waals surface area contributed by atoms with Crippen LogP contribution in [0.3, 0.4) is 0 Å². The second-order valence-electron chi connectivity index (χ2n) is 2.27. The van der Waals surface area contributed by atoms with Crippen molar-refractivity contribution >= 4 is 17.8 Å². The summed E-state index contributed by atoms with van der Waals surface area (Å²) >= 11 is 0. The van der Waals surface area contributed by atoms with Crippen LogP contribution in [-0.2, 0) is 14.4 Å². The average Bonchev–Trinajstić information content (AvgIpc) is 1.85. The highest BCUT2D eigenvalue weighted by atomic mass is 16.4. The number of nitrogens with two attached hydrogens (primary N) is 1. The highest BCUT2D eigenvalue weighted by Crippen LogP contribution is 1.92. The number of carboxylic acid groups (broad SMARTS) is 2. The molecular weight excluding hydrogens is 168 g/mol. The lowest BCUT2D eigenvalue weighted by Crippen LogP contribution is -2.60. The first-order valence-electron chi connectivity index (χ1n) is 2.85. The van der Waals surface area contributed by atoms with Gasteiger partial charge in [0.05, 0.1) is 0 Å². The summed E-state index contributed by atoms with van der Waals surface area (Å²) in [6.45, 7) is 0.968. The number of hydrogen-bond donors (Lipinski definition) is 4. The SMILES string of the molecule is C[C@@](N)(NC(=O)C(=O)O)C(=O)O. The first kappa shape index (κ1) is 10.4. The van der Waals surface area contributed by atoms with Gasteiger partial charge in [0.25, 0.3) is 0 Å². The topological polar surface area (TPSA) is 130 Å². The van der Waals surface area contributed by atoms with Crippen molar-refractivity contribution in [3.63, 3.8) is 0 Å². The van der Waals surface area contributed by atoms with Crippen LogP contribution < -0.4 is 11.1 Å². The van der Waals surface area contributed by atoms with Crippen LogP contribution >= 0.6 is 0 Å². The molecule has 0 aromatic rings. The lowest BCUT2D eigenvalue weighted by atomic mass is 10.2. The molecule has 1 atom stereocenters. The van der Waals surface area contributed by atoms with Gasteiger partial charge in [0.15, 0.2) is 5.66 Å². The summed E-state index contributed by atoms with van der Waals surface area (Å²) in [4.78, 5) is 30.6. The van der Waals surface area contributed by atoms with Gasteiger partial charge in [0.1, 0.15) is 0 Å². The van der Waals surface area contributed by atoms with E-state index in [1.54, 1.807) is 5.32 Å². The van der Waals surface area contributed by atoms with Crippen molar-refractivity contribution in [2.75, 3.05) is 0 Å². The fourth-order valence-electron chi connectivity index (χ4n) is 0.343. The number of hydrogen-bond acceptors (Lipinski definition) is 4. The lowest BCUT2D eigenvalue weighted by Gasteiger charge is -2.18. The van der Waals surface area contributed by atoms with E-state index in [-0.39, 0.29) is 0 Å². The Morgan fingerprint density at radius 2 is 1.75 bits per heavy atom. The third-order valence-electron chi connectivity index (χ3n) is 1.01. The first-order valence-corrected chi connectivity index (χ1v) is 2.85. The third kappa shape index (κ3) is 2.54. The Labute approximate surface area is 67.2 Å². The molecule has 0 saturated carbocycles. The van der Waals surface area contributed by atoms with E-state index in [1.165, 1.54) is 0 Å². The molecule has 1 amide bonds. The van der Waals surface area contributed by atoms with Crippen LogP contribution in [0.5, 0.6) is 0 Å². The predicted octanol–water partition coefficient (Wildman–Crippen LogP) is -2.05. The van der Waals surface area contributed by atoms with Crippen LogP contribution in [0.25, 0.3) is 0 Å². The zero-order chi connectivity index (χ0) is 9.94. The number of aliphatic carboxylic acids is 2. The van der Waals surface area contributed by atoms with Gasteiger partial charge in [-0.1, -0.05) is 0 Å². The normalized spacial score (nSPS) is 14.5. The van der Waals surface area contributed by atoms with Crippen LogP contribution in [0.1, 0.15) is 6.92 Å². The van der Waals surface area contributed by atoms with Crippen molar-refractivity contribution < 1.29 is 24.6 Å². The maximum atomic E-state index is 10.4. The van der Waals surface area contributed by atoms with Gasteiger partial charge >= 0.3 is 17.8 Å². The molecule has 0 radical (unpaired) electrons. The molecule has 68 valence electrons. The maximum Gasteiger partial charge on any atom is 0.394 e. The van der Waals surface area contributed by atoms with Gasteiger partial charge in [0, 0.05) is 0 Å². The summed E-state index contributed by atoms with van der Waals surface area (Å²) in [7, 11) is 0. The number of nitrogens with one attached hydrogen (secondary N) is 1. The average molecular weight is 176 g/mol. The number of rotatable bonds is 2. The quantitative estimate of drug-likeness (QED) is 0.283. The molecule has 5 N–H and O–H groups in total. The molecule has 0 spiro atoms. The third-order valence-corrected chi connectivity index (χ3v) is 1.01. The van der Waals surface area contributed by atoms with Crippen LogP contribution in [0.4, 0.5) is 0 Å². The van der Waals surface area contributed by atoms with Gasteiger partial charge in [-0.25, -0.2) is 9.59 Å². The highest BCUT2D eigenvalue weighted by molar-refractivity contribution is 6.32. The standard InChI is InChI=1S/C5H8N2O5/c1-5(6,4(11)12)7-2(8)3(9)10/h6H2,1H3,(H,7,8)(H,9,10)(H,11,12)/t5-/m1/s1. The molecule has 0 rings (SSSR count). The summed E-state index contributed by atoms with van der Waals surface area (Å²) in [6.07, 6.45) is 0. The summed E-state index contributed by atoms with van der Waals surface area (Å²) in [5, 5.41) is 18.0. The van der Waals surface area contributed by atoms with Gasteiger partial charge in [-0.3, -0.25) is 10.5 Å². The maximum absolute atomic E-state index is 10.4. The van der Waals surface area contributed by atoms with Crippen LogP contribution in [0, 0.1) is 0 Å². The van der Waals surface area contributed by atoms with Gasteiger partial charge in [-0.2, -0.15) is 0 Å². The molecule has 0 aromatic heterocycles. The summed E-state index contributed by atoms with van der Waals surface area (Å²) < 4.78 is 0. The summed E-state index contributed by atoms with van der Waals surface area (Å²) in [6, 6.07) is 0. The molecule has 0 aromatic carbocycles. The van der Waals surface area contributed by atoms with Gasteiger partial charge in [-0.15, -0.1) is 0 Å². The minimum atomic E-state index is -2.06. The molecule has 0 bridgehead atoms. The van der Waals surface area contributed by atoms with E-state index in [1.807, 2.05) is 0 Å². The van der Waals surface area contributed by atoms with E-state index in [0.717, 1.165) is 6.92 Å². The first-order chi connectivity index (χ1) is 5.27. The van der Waals surface area contributed by atoms with Crippen molar-refractivity contribution in [1.82, 2.24) is 5.32 Å². The van der Waals surface area contributed by atoms with Crippen LogP contribution in [-0.4, -0.2) is 33.7 Å². The molecule has 0 aliphatic rings. The lowest BCUT2D eigenvalue weighted by molar-refractivity contribution is -0.154. The van der Waals surface area contributed by atoms with Gasteiger partial charge in [-0.05, 0) is 6.92 Å². The van der Waals surface area contributed by atoms with E-state index in [4.69, 9.17) is 15.9 Å². The van der Waals surface area contributed by atoms with E-state index in [9.17, 15) is 14.4 Å². The number of amides is 1. The molecule has 7 nitrogen and oxygen atoms in total. The van der Waals surface area contributed by atoms with Crippen LogP contribution in [0.15, 0.2) is 0 Å². The smallest absolute Gasteiger partial charge is 0.394 e. The summed E-state index contributed by atoms with van der Waals surface area (Å²) in [5.41, 5.74) is 2.94. The Morgan fingerprint density at radius 3 is 2.00 bits per heavy atom. The number of carboxylic acids is 2. The van der Waals surface area contributed by atoms with Crippen molar-refractivity contribution in [1.29, 1.82) is 0 Å². The molecule has 0 saturated heterocycles. The fraction of sp³-hybridized carbons (Fsp3) is 0.400. The number of carbonyl (C=O) groups excluding carboxylic acids is 1. The zero-order valence-electron chi connectivity index (χ0n) is 6.20. The molecule has 7 heteroatoms. The molecular formula is C5H8N2O5. The van der Waals surface area contributed by atoms with Crippen molar-refractivity contribution in [3.8, 4) is 0 Å². The Balaban J connectivity index is 4.35. The second kappa shape index (κ2) is 3.18. The van der Waals surface area contributed by atoms with E-state index in [2.05, 4.69) is 0 Å². The monoisotopic (exact) mass is 176 g/mol. The Hall–Kier alpha value is -1.63. The molecule has 0 fully saturated rings. The number of carbonyl (C=O) groups is 3. The van der Waals surface area contributed by atoms with Gasteiger partial charge < -0.3 is 15.5 Å². The second-order valence-corrected chi connectivity index (χ2v) is 2.27. The Morgan fingerprint density at radius 1 is 1.33 bits per heavy atom. The highest BCUT2D eigenvalue weighted by Gasteiger charge is 2.31. The minimum Gasteiger partial charge on any atom is -0.479 e. The van der Waals surface area contributed by atoms with E-state index < -0.39 is 23.5 Å². The van der Waals surface area contributed by atoms with Crippen molar-refractivity contribution in [3.05, 3.63) is 0 Å². The summed E-state index contributed by atoms with van der Waals surface area (Å²) in [5.74, 6) is -4.76. The van der Waals surface area contributed by atoms with Gasteiger partial charge in [0.2, 0.25) is 0 Å². The van der Waals surface area contributed by atoms with Crippen molar-refractivity contribution in [2.45, 2.75) is 12.6 Å². The molecule has 0 heterocycles. The van der Waals surface area contributed by atoms with E-state index >= 15 is 0 Å².